The molecule has 0 unspecified atom stereocenters. The Bertz CT molecular complexity index is 1060. The number of H-pyrrole nitrogens is 1. The number of hydrogen-bond donors (Lipinski definition) is 1. The van der Waals surface area contributed by atoms with E-state index in [0.29, 0.717) is 10.7 Å². The monoisotopic (exact) mass is 389 g/mol. The second kappa shape index (κ2) is 7.56. The van der Waals surface area contributed by atoms with E-state index in [-0.39, 0.29) is 39.6 Å². The van der Waals surface area contributed by atoms with Crippen LogP contribution in [0.3, 0.4) is 0 Å². The molecule has 0 aliphatic heterocycles. The summed E-state index contributed by atoms with van der Waals surface area (Å²) in [6.07, 6.45) is 0.122. The number of ether oxygens (including phenoxy) is 1. The molecule has 5 nitrogen and oxygen atoms in total. The molecule has 0 saturated heterocycles. The van der Waals surface area contributed by atoms with Crippen molar-refractivity contribution in [1.82, 2.24) is 10.2 Å². The number of halogens is 3. The molecular weight excluding hydrogens is 380 g/mol. The van der Waals surface area contributed by atoms with Crippen molar-refractivity contribution in [2.45, 2.75) is 6.42 Å². The maximum Gasteiger partial charge on any atom is 0.264 e. The Kier molecular flexibility index (Phi) is 5.21. The quantitative estimate of drug-likeness (QED) is 0.713. The minimum Gasteiger partial charge on any atom is -0.451 e. The fourth-order valence-electron chi connectivity index (χ4n) is 2.25. The minimum atomic E-state index is -0.686. The van der Waals surface area contributed by atoms with Crippen molar-refractivity contribution >= 4 is 23.2 Å². The zero-order chi connectivity index (χ0) is 18.7. The molecule has 0 aliphatic rings. The SMILES string of the molecule is N#Cc1ccc(Cl)cc1Oc1c(Cl)ccc(Cc2ccc(=O)[nH]n2)c1F. The highest BCUT2D eigenvalue weighted by Crippen LogP contribution is 2.36. The Morgan fingerprint density at radius 3 is 2.69 bits per heavy atom. The van der Waals surface area contributed by atoms with Crippen LogP contribution in [0, 0.1) is 17.1 Å². The van der Waals surface area contributed by atoms with Crippen molar-refractivity contribution in [2.75, 3.05) is 0 Å². The Morgan fingerprint density at radius 1 is 1.19 bits per heavy atom. The van der Waals surface area contributed by atoms with E-state index < -0.39 is 5.82 Å². The number of nitrogens with zero attached hydrogens (tertiary/aromatic N) is 2. The third-order valence-electron chi connectivity index (χ3n) is 3.51. The molecule has 3 aromatic rings. The lowest BCUT2D eigenvalue weighted by atomic mass is 10.1. The van der Waals surface area contributed by atoms with Crippen molar-refractivity contribution in [3.63, 3.8) is 0 Å². The lowest BCUT2D eigenvalue weighted by Gasteiger charge is -2.13. The molecule has 1 N–H and O–H groups in total. The van der Waals surface area contributed by atoms with Gasteiger partial charge in [-0.3, -0.25) is 4.79 Å². The molecule has 0 bridgehead atoms. The first-order valence-electron chi connectivity index (χ1n) is 7.37. The molecule has 8 heteroatoms. The summed E-state index contributed by atoms with van der Waals surface area (Å²) < 4.78 is 20.4. The van der Waals surface area contributed by atoms with Crippen LogP contribution >= 0.6 is 23.2 Å². The van der Waals surface area contributed by atoms with E-state index in [1.54, 1.807) is 0 Å². The highest BCUT2D eigenvalue weighted by Gasteiger charge is 2.17. The molecule has 3 rings (SSSR count). The smallest absolute Gasteiger partial charge is 0.264 e. The minimum absolute atomic E-state index is 0.0459. The molecule has 0 radical (unpaired) electrons. The van der Waals surface area contributed by atoms with E-state index in [1.807, 2.05) is 6.07 Å². The number of benzene rings is 2. The van der Waals surface area contributed by atoms with Crippen LogP contribution in [0.4, 0.5) is 4.39 Å². The van der Waals surface area contributed by atoms with Gasteiger partial charge in [0.05, 0.1) is 16.3 Å². The normalized spacial score (nSPS) is 10.4. The van der Waals surface area contributed by atoms with Gasteiger partial charge in [-0.15, -0.1) is 0 Å². The fourth-order valence-corrected chi connectivity index (χ4v) is 2.60. The summed E-state index contributed by atoms with van der Waals surface area (Å²) in [5.74, 6) is -0.804. The first kappa shape index (κ1) is 17.9. The molecule has 130 valence electrons. The van der Waals surface area contributed by atoms with Crippen LogP contribution in [0.25, 0.3) is 0 Å². The summed E-state index contributed by atoms with van der Waals surface area (Å²) in [7, 11) is 0. The van der Waals surface area contributed by atoms with Crippen LogP contribution in [-0.4, -0.2) is 10.2 Å². The largest absolute Gasteiger partial charge is 0.451 e. The lowest BCUT2D eigenvalue weighted by molar-refractivity contribution is 0.438. The van der Waals surface area contributed by atoms with Gasteiger partial charge in [0.2, 0.25) is 0 Å². The molecular formula is C18H10Cl2FN3O2. The maximum absolute atomic E-state index is 14.9. The Morgan fingerprint density at radius 2 is 2.00 bits per heavy atom. The second-order valence-corrected chi connectivity index (χ2v) is 6.14. The van der Waals surface area contributed by atoms with E-state index in [1.165, 1.54) is 42.5 Å². The van der Waals surface area contributed by atoms with Crippen molar-refractivity contribution < 1.29 is 9.13 Å². The van der Waals surface area contributed by atoms with Crippen molar-refractivity contribution in [2.24, 2.45) is 0 Å². The number of nitriles is 1. The molecule has 2 aromatic carbocycles. The van der Waals surface area contributed by atoms with Gasteiger partial charge in [-0.1, -0.05) is 29.3 Å². The fraction of sp³-hybridized carbons (Fsp3) is 0.0556. The molecule has 26 heavy (non-hydrogen) atoms. The van der Waals surface area contributed by atoms with Crippen molar-refractivity contribution in [3.8, 4) is 17.6 Å². The van der Waals surface area contributed by atoms with Gasteiger partial charge in [-0.25, -0.2) is 9.49 Å². The van der Waals surface area contributed by atoms with Crippen LogP contribution < -0.4 is 10.3 Å². The first-order chi connectivity index (χ1) is 12.5. The molecule has 0 fully saturated rings. The number of rotatable bonds is 4. The topological polar surface area (TPSA) is 78.8 Å². The summed E-state index contributed by atoms with van der Waals surface area (Å²) in [4.78, 5) is 11.1. The van der Waals surface area contributed by atoms with Crippen LogP contribution in [0.2, 0.25) is 10.0 Å². The summed E-state index contributed by atoms with van der Waals surface area (Å²) in [6.45, 7) is 0. The number of hydrogen-bond acceptors (Lipinski definition) is 4. The van der Waals surface area contributed by atoms with Crippen molar-refractivity contribution in [3.05, 3.63) is 85.5 Å². The summed E-state index contributed by atoms with van der Waals surface area (Å²) in [5, 5.41) is 15.7. The van der Waals surface area contributed by atoms with E-state index in [2.05, 4.69) is 10.2 Å². The van der Waals surface area contributed by atoms with Gasteiger partial charge in [0.1, 0.15) is 11.8 Å². The Labute approximate surface area is 157 Å². The zero-order valence-electron chi connectivity index (χ0n) is 13.1. The third kappa shape index (κ3) is 3.85. The van der Waals surface area contributed by atoms with Gasteiger partial charge in [0.25, 0.3) is 5.56 Å². The number of nitrogens with one attached hydrogen (secondary N) is 1. The van der Waals surface area contributed by atoms with Gasteiger partial charge in [0.15, 0.2) is 11.6 Å². The molecule has 0 amide bonds. The van der Waals surface area contributed by atoms with E-state index in [4.69, 9.17) is 33.2 Å². The van der Waals surface area contributed by atoms with Gasteiger partial charge >= 0.3 is 0 Å². The molecule has 1 aromatic heterocycles. The van der Waals surface area contributed by atoms with Crippen LogP contribution in [-0.2, 0) is 6.42 Å². The van der Waals surface area contributed by atoms with E-state index in [9.17, 15) is 9.18 Å². The molecule has 1 heterocycles. The van der Waals surface area contributed by atoms with E-state index in [0.717, 1.165) is 0 Å². The zero-order valence-corrected chi connectivity index (χ0v) is 14.6. The summed E-state index contributed by atoms with van der Waals surface area (Å²) in [5.41, 5.74) is 0.582. The molecule has 0 spiro atoms. The van der Waals surface area contributed by atoms with E-state index >= 15 is 0 Å². The molecule has 0 atom stereocenters. The Hall–Kier alpha value is -2.88. The van der Waals surface area contributed by atoms with Crippen molar-refractivity contribution in [1.29, 1.82) is 5.26 Å². The van der Waals surface area contributed by atoms with Gasteiger partial charge in [0, 0.05) is 23.6 Å². The molecule has 0 saturated carbocycles. The van der Waals surface area contributed by atoms with Gasteiger partial charge < -0.3 is 4.74 Å². The average molecular weight is 390 g/mol. The second-order valence-electron chi connectivity index (χ2n) is 5.29. The predicted molar refractivity (Wildman–Crippen MR) is 95.3 cm³/mol. The number of aromatic amines is 1. The predicted octanol–water partition coefficient (Wildman–Crippen LogP) is 4.47. The summed E-state index contributed by atoms with van der Waals surface area (Å²) >= 11 is 12.0. The molecule has 0 aliphatic carbocycles. The Balaban J connectivity index is 1.98. The average Bonchev–Trinajstić information content (AvgIpc) is 2.63. The third-order valence-corrected chi connectivity index (χ3v) is 4.05. The highest BCUT2D eigenvalue weighted by molar-refractivity contribution is 6.32. The number of aromatic nitrogens is 2. The maximum atomic E-state index is 14.9. The standard InChI is InChI=1S/C18H10Cl2FN3O2/c19-12-3-1-11(9-22)15(8-12)26-18-14(20)5-2-10(17(18)21)7-13-4-6-16(25)24-23-13/h1-6,8H,7H2,(H,24,25). The van der Waals surface area contributed by atoms with Gasteiger partial charge in [-0.2, -0.15) is 10.4 Å². The van der Waals surface area contributed by atoms with Crippen LogP contribution in [0.5, 0.6) is 11.5 Å². The van der Waals surface area contributed by atoms with Crippen LogP contribution in [0.15, 0.2) is 47.3 Å². The lowest BCUT2D eigenvalue weighted by Crippen LogP contribution is -2.08. The summed E-state index contributed by atoms with van der Waals surface area (Å²) in [6, 6.07) is 12.1. The van der Waals surface area contributed by atoms with Gasteiger partial charge in [-0.05, 0) is 29.8 Å². The van der Waals surface area contributed by atoms with Crippen LogP contribution in [0.1, 0.15) is 16.8 Å². The first-order valence-corrected chi connectivity index (χ1v) is 8.12. The highest BCUT2D eigenvalue weighted by atomic mass is 35.5.